The van der Waals surface area contributed by atoms with Crippen LogP contribution in [0.2, 0.25) is 0 Å². The standard InChI is InChI=1S/C8H18N2O2/c1-6(4-5-12-3)10-8(11)7(2)9/h6-7H,4-5,9H2,1-3H3,(H,10,11)/t6?,7-/m0/s1. The van der Waals surface area contributed by atoms with E-state index < -0.39 is 6.04 Å². The van der Waals surface area contributed by atoms with Gasteiger partial charge in [-0.15, -0.1) is 0 Å². The van der Waals surface area contributed by atoms with Gasteiger partial charge in [0.2, 0.25) is 5.91 Å². The van der Waals surface area contributed by atoms with Gasteiger partial charge in [0, 0.05) is 19.8 Å². The highest BCUT2D eigenvalue weighted by molar-refractivity contribution is 5.81. The molecule has 0 radical (unpaired) electrons. The van der Waals surface area contributed by atoms with E-state index in [0.717, 1.165) is 6.42 Å². The molecule has 1 amide bonds. The van der Waals surface area contributed by atoms with Crippen LogP contribution >= 0.6 is 0 Å². The molecule has 0 saturated heterocycles. The van der Waals surface area contributed by atoms with Gasteiger partial charge < -0.3 is 15.8 Å². The van der Waals surface area contributed by atoms with Crippen molar-refractivity contribution < 1.29 is 9.53 Å². The number of amides is 1. The Morgan fingerprint density at radius 2 is 2.17 bits per heavy atom. The van der Waals surface area contributed by atoms with Gasteiger partial charge in [-0.1, -0.05) is 0 Å². The van der Waals surface area contributed by atoms with Crippen LogP contribution in [-0.2, 0) is 9.53 Å². The van der Waals surface area contributed by atoms with Crippen molar-refractivity contribution in [2.24, 2.45) is 5.73 Å². The molecule has 0 fully saturated rings. The Morgan fingerprint density at radius 1 is 1.58 bits per heavy atom. The number of nitrogens with two attached hydrogens (primary N) is 1. The van der Waals surface area contributed by atoms with E-state index in [2.05, 4.69) is 5.32 Å². The first-order valence-electron chi connectivity index (χ1n) is 4.12. The molecular formula is C8H18N2O2. The van der Waals surface area contributed by atoms with Crippen LogP contribution in [0.3, 0.4) is 0 Å². The second-order valence-electron chi connectivity index (χ2n) is 2.98. The zero-order valence-electron chi connectivity index (χ0n) is 7.96. The topological polar surface area (TPSA) is 64.3 Å². The Morgan fingerprint density at radius 3 is 2.58 bits per heavy atom. The minimum atomic E-state index is -0.435. The maximum atomic E-state index is 11.0. The number of ether oxygens (including phenoxy) is 1. The van der Waals surface area contributed by atoms with Gasteiger partial charge in [0.15, 0.2) is 0 Å². The van der Waals surface area contributed by atoms with Crippen molar-refractivity contribution in [2.75, 3.05) is 13.7 Å². The molecule has 0 saturated carbocycles. The summed E-state index contributed by atoms with van der Waals surface area (Å²) in [4.78, 5) is 11.0. The molecule has 3 N–H and O–H groups in total. The van der Waals surface area contributed by atoms with Gasteiger partial charge in [-0.05, 0) is 20.3 Å². The van der Waals surface area contributed by atoms with Crippen LogP contribution in [0.5, 0.6) is 0 Å². The highest BCUT2D eigenvalue weighted by Crippen LogP contribution is 1.91. The molecule has 0 bridgehead atoms. The molecule has 72 valence electrons. The van der Waals surface area contributed by atoms with E-state index in [1.807, 2.05) is 6.92 Å². The summed E-state index contributed by atoms with van der Waals surface area (Å²) in [7, 11) is 1.64. The van der Waals surface area contributed by atoms with Crippen LogP contribution in [0.1, 0.15) is 20.3 Å². The summed E-state index contributed by atoms with van der Waals surface area (Å²) >= 11 is 0. The minimum Gasteiger partial charge on any atom is -0.385 e. The van der Waals surface area contributed by atoms with Crippen LogP contribution in [-0.4, -0.2) is 31.7 Å². The Hall–Kier alpha value is -0.610. The molecule has 1 unspecified atom stereocenters. The predicted octanol–water partition coefficient (Wildman–Crippen LogP) is -0.125. The molecule has 2 atom stereocenters. The summed E-state index contributed by atoms with van der Waals surface area (Å²) in [5.41, 5.74) is 5.37. The molecule has 0 aliphatic carbocycles. The lowest BCUT2D eigenvalue weighted by molar-refractivity contribution is -0.122. The van der Waals surface area contributed by atoms with Crippen molar-refractivity contribution in [1.29, 1.82) is 0 Å². The SMILES string of the molecule is COCCC(C)NC(=O)[C@H](C)N. The molecular weight excluding hydrogens is 156 g/mol. The first kappa shape index (κ1) is 11.4. The molecule has 0 heterocycles. The summed E-state index contributed by atoms with van der Waals surface area (Å²) < 4.78 is 4.87. The number of nitrogens with one attached hydrogen (secondary N) is 1. The monoisotopic (exact) mass is 174 g/mol. The van der Waals surface area contributed by atoms with Gasteiger partial charge in [0.25, 0.3) is 0 Å². The third-order valence-electron chi connectivity index (χ3n) is 1.56. The molecule has 4 nitrogen and oxygen atoms in total. The Labute approximate surface area is 73.5 Å². The van der Waals surface area contributed by atoms with Gasteiger partial charge in [0.05, 0.1) is 6.04 Å². The molecule has 0 rings (SSSR count). The number of hydrogen-bond donors (Lipinski definition) is 2. The van der Waals surface area contributed by atoms with Gasteiger partial charge in [-0.25, -0.2) is 0 Å². The maximum Gasteiger partial charge on any atom is 0.236 e. The Kier molecular flexibility index (Phi) is 5.66. The second-order valence-corrected chi connectivity index (χ2v) is 2.98. The van der Waals surface area contributed by atoms with Crippen LogP contribution < -0.4 is 11.1 Å². The van der Waals surface area contributed by atoms with Gasteiger partial charge >= 0.3 is 0 Å². The average molecular weight is 174 g/mol. The predicted molar refractivity (Wildman–Crippen MR) is 47.7 cm³/mol. The quantitative estimate of drug-likeness (QED) is 0.610. The van der Waals surface area contributed by atoms with Gasteiger partial charge in [-0.2, -0.15) is 0 Å². The summed E-state index contributed by atoms with van der Waals surface area (Å²) in [6.07, 6.45) is 0.814. The van der Waals surface area contributed by atoms with Crippen LogP contribution in [0.25, 0.3) is 0 Å². The maximum absolute atomic E-state index is 11.0. The van der Waals surface area contributed by atoms with Gasteiger partial charge in [-0.3, -0.25) is 4.79 Å². The third kappa shape index (κ3) is 5.09. The van der Waals surface area contributed by atoms with Crippen molar-refractivity contribution in [2.45, 2.75) is 32.4 Å². The number of rotatable bonds is 5. The van der Waals surface area contributed by atoms with Gasteiger partial charge in [0.1, 0.15) is 0 Å². The van der Waals surface area contributed by atoms with E-state index in [9.17, 15) is 4.79 Å². The minimum absolute atomic E-state index is 0.112. The Bertz CT molecular complexity index is 137. The molecule has 0 spiro atoms. The largest absolute Gasteiger partial charge is 0.385 e. The lowest BCUT2D eigenvalue weighted by Crippen LogP contribution is -2.43. The number of methoxy groups -OCH3 is 1. The van der Waals surface area contributed by atoms with Crippen molar-refractivity contribution in [1.82, 2.24) is 5.32 Å². The number of carbonyl (C=O) groups excluding carboxylic acids is 1. The smallest absolute Gasteiger partial charge is 0.236 e. The fraction of sp³-hybridized carbons (Fsp3) is 0.875. The summed E-state index contributed by atoms with van der Waals surface area (Å²) in [5, 5.41) is 2.77. The van der Waals surface area contributed by atoms with Crippen LogP contribution in [0, 0.1) is 0 Å². The van der Waals surface area contributed by atoms with Crippen molar-refractivity contribution in [3.8, 4) is 0 Å². The summed E-state index contributed by atoms with van der Waals surface area (Å²) in [5.74, 6) is -0.112. The highest BCUT2D eigenvalue weighted by atomic mass is 16.5. The molecule has 0 aromatic carbocycles. The van der Waals surface area contributed by atoms with Crippen molar-refractivity contribution in [3.05, 3.63) is 0 Å². The Balaban J connectivity index is 3.54. The van der Waals surface area contributed by atoms with Crippen LogP contribution in [0.15, 0.2) is 0 Å². The zero-order chi connectivity index (χ0) is 9.56. The molecule has 0 aliphatic rings. The van der Waals surface area contributed by atoms with E-state index in [-0.39, 0.29) is 11.9 Å². The van der Waals surface area contributed by atoms with Crippen molar-refractivity contribution in [3.63, 3.8) is 0 Å². The van der Waals surface area contributed by atoms with E-state index >= 15 is 0 Å². The third-order valence-corrected chi connectivity index (χ3v) is 1.56. The lowest BCUT2D eigenvalue weighted by Gasteiger charge is -2.14. The van der Waals surface area contributed by atoms with E-state index in [4.69, 9.17) is 10.5 Å². The molecule has 0 aromatic heterocycles. The second kappa shape index (κ2) is 5.97. The van der Waals surface area contributed by atoms with E-state index in [1.165, 1.54) is 0 Å². The van der Waals surface area contributed by atoms with E-state index in [0.29, 0.717) is 6.61 Å². The average Bonchev–Trinajstić information content (AvgIpc) is 2.00. The lowest BCUT2D eigenvalue weighted by atomic mass is 10.2. The highest BCUT2D eigenvalue weighted by Gasteiger charge is 2.10. The first-order valence-corrected chi connectivity index (χ1v) is 4.12. The first-order chi connectivity index (χ1) is 5.57. The fourth-order valence-corrected chi connectivity index (χ4v) is 0.741. The zero-order valence-corrected chi connectivity index (χ0v) is 7.96. The molecule has 0 aliphatic heterocycles. The molecule has 4 heteroatoms. The number of hydrogen-bond acceptors (Lipinski definition) is 3. The fourth-order valence-electron chi connectivity index (χ4n) is 0.741. The molecule has 0 aromatic rings. The van der Waals surface area contributed by atoms with Crippen molar-refractivity contribution >= 4 is 5.91 Å². The van der Waals surface area contributed by atoms with E-state index in [1.54, 1.807) is 14.0 Å². The normalized spacial score (nSPS) is 15.3. The molecule has 12 heavy (non-hydrogen) atoms. The number of carbonyl (C=O) groups is 1. The summed E-state index contributed by atoms with van der Waals surface area (Å²) in [6, 6.07) is -0.307. The summed E-state index contributed by atoms with van der Waals surface area (Å²) in [6.45, 7) is 4.25. The van der Waals surface area contributed by atoms with Crippen LogP contribution in [0.4, 0.5) is 0 Å².